The minimum absolute atomic E-state index is 0.250. The Morgan fingerprint density at radius 3 is 2.17 bits per heavy atom. The summed E-state index contributed by atoms with van der Waals surface area (Å²) in [6.07, 6.45) is 1.51. The fourth-order valence-corrected chi connectivity index (χ4v) is 3.00. The molecule has 0 aliphatic heterocycles. The van der Waals surface area contributed by atoms with E-state index in [0.29, 0.717) is 22.6 Å². The summed E-state index contributed by atoms with van der Waals surface area (Å²) < 4.78 is 14.7. The number of amides is 1. The molecule has 0 fully saturated rings. The normalized spacial score (nSPS) is 10.6. The molecule has 4 rings (SSSR count). The van der Waals surface area contributed by atoms with E-state index in [1.54, 1.807) is 23.7 Å². The first-order valence-corrected chi connectivity index (χ1v) is 9.14. The smallest absolute Gasteiger partial charge is 0.259 e. The van der Waals surface area contributed by atoms with Crippen LogP contribution >= 0.6 is 0 Å². The van der Waals surface area contributed by atoms with E-state index < -0.39 is 0 Å². The first-order valence-electron chi connectivity index (χ1n) is 9.14. The van der Waals surface area contributed by atoms with E-state index in [4.69, 9.17) is 0 Å². The molecule has 0 radical (unpaired) electrons. The number of nitrogens with zero attached hydrogens (tertiary/aromatic N) is 2. The van der Waals surface area contributed by atoms with Gasteiger partial charge in [-0.15, -0.1) is 0 Å². The summed E-state index contributed by atoms with van der Waals surface area (Å²) in [7, 11) is 0. The zero-order chi connectivity index (χ0) is 20.2. The van der Waals surface area contributed by atoms with Crippen LogP contribution in [0.15, 0.2) is 85.1 Å². The van der Waals surface area contributed by atoms with E-state index >= 15 is 0 Å². The number of para-hydroxylation sites is 1. The molecule has 1 heterocycles. The average Bonchev–Trinajstić information content (AvgIpc) is 3.12. The molecule has 29 heavy (non-hydrogen) atoms. The van der Waals surface area contributed by atoms with Crippen LogP contribution in [0.25, 0.3) is 5.69 Å². The Bertz CT molecular complexity index is 1120. The molecule has 3 aromatic carbocycles. The van der Waals surface area contributed by atoms with E-state index in [9.17, 15) is 9.18 Å². The van der Waals surface area contributed by atoms with E-state index in [2.05, 4.69) is 15.7 Å². The molecule has 0 aliphatic carbocycles. The van der Waals surface area contributed by atoms with E-state index in [-0.39, 0.29) is 11.7 Å². The van der Waals surface area contributed by atoms with Gasteiger partial charge in [0.25, 0.3) is 5.91 Å². The van der Waals surface area contributed by atoms with Crippen LogP contribution in [0.5, 0.6) is 0 Å². The van der Waals surface area contributed by atoms with Gasteiger partial charge in [0.1, 0.15) is 5.82 Å². The summed E-state index contributed by atoms with van der Waals surface area (Å²) in [4.78, 5) is 12.7. The van der Waals surface area contributed by atoms with Gasteiger partial charge in [-0.2, -0.15) is 5.10 Å². The number of halogens is 1. The highest BCUT2D eigenvalue weighted by atomic mass is 19.1. The number of anilines is 3. The number of hydrogen-bond acceptors (Lipinski definition) is 3. The van der Waals surface area contributed by atoms with E-state index in [1.807, 2.05) is 54.6 Å². The van der Waals surface area contributed by atoms with Crippen LogP contribution < -0.4 is 10.6 Å². The lowest BCUT2D eigenvalue weighted by Crippen LogP contribution is -2.13. The summed E-state index contributed by atoms with van der Waals surface area (Å²) in [5.41, 5.74) is 4.43. The molecule has 6 heteroatoms. The number of carbonyl (C=O) groups excluding carboxylic acids is 1. The molecule has 1 amide bonds. The maximum absolute atomic E-state index is 13.1. The Morgan fingerprint density at radius 1 is 0.862 bits per heavy atom. The summed E-state index contributed by atoms with van der Waals surface area (Å²) in [6, 6.07) is 23.3. The quantitative estimate of drug-likeness (QED) is 0.488. The van der Waals surface area contributed by atoms with Gasteiger partial charge in [0.05, 0.1) is 23.1 Å². The maximum Gasteiger partial charge on any atom is 0.259 e. The Balaban J connectivity index is 1.46. The molecule has 0 bridgehead atoms. The molecule has 0 aliphatic rings. The van der Waals surface area contributed by atoms with Crippen LogP contribution in [0.3, 0.4) is 0 Å². The number of benzene rings is 3. The standard InChI is InChI=1S/C23H19FN4O/c1-16-22(15-25-28(16)21-13-7-17(24)8-14-21)23(29)27-20-11-9-19(10-12-20)26-18-5-3-2-4-6-18/h2-15,26H,1H3,(H,27,29). The third-order valence-corrected chi connectivity index (χ3v) is 4.53. The molecular formula is C23H19FN4O. The van der Waals surface area contributed by atoms with Gasteiger partial charge in [0.2, 0.25) is 0 Å². The lowest BCUT2D eigenvalue weighted by Gasteiger charge is -2.09. The van der Waals surface area contributed by atoms with Crippen molar-refractivity contribution in [2.45, 2.75) is 6.92 Å². The third-order valence-electron chi connectivity index (χ3n) is 4.53. The van der Waals surface area contributed by atoms with Gasteiger partial charge in [-0.25, -0.2) is 9.07 Å². The second kappa shape index (κ2) is 7.98. The number of rotatable bonds is 5. The van der Waals surface area contributed by atoms with Crippen molar-refractivity contribution in [2.75, 3.05) is 10.6 Å². The van der Waals surface area contributed by atoms with Crippen LogP contribution in [0.2, 0.25) is 0 Å². The highest BCUT2D eigenvalue weighted by Crippen LogP contribution is 2.20. The highest BCUT2D eigenvalue weighted by molar-refractivity contribution is 6.05. The van der Waals surface area contributed by atoms with E-state index in [0.717, 1.165) is 11.4 Å². The summed E-state index contributed by atoms with van der Waals surface area (Å²) in [5, 5.41) is 10.4. The van der Waals surface area contributed by atoms with Crippen molar-refractivity contribution < 1.29 is 9.18 Å². The van der Waals surface area contributed by atoms with Crippen molar-refractivity contribution in [2.24, 2.45) is 0 Å². The SMILES string of the molecule is Cc1c(C(=O)Nc2ccc(Nc3ccccc3)cc2)cnn1-c1ccc(F)cc1. The lowest BCUT2D eigenvalue weighted by molar-refractivity contribution is 0.102. The Kier molecular flexibility index (Phi) is 5.07. The van der Waals surface area contributed by atoms with Crippen LogP contribution in [-0.4, -0.2) is 15.7 Å². The molecule has 144 valence electrons. The number of aromatic nitrogens is 2. The van der Waals surface area contributed by atoms with Crippen molar-refractivity contribution >= 4 is 23.0 Å². The molecule has 2 N–H and O–H groups in total. The predicted octanol–water partition coefficient (Wildman–Crippen LogP) is 5.32. The second-order valence-corrected chi connectivity index (χ2v) is 6.55. The van der Waals surface area contributed by atoms with Gasteiger partial charge in [0.15, 0.2) is 0 Å². The molecule has 4 aromatic rings. The maximum atomic E-state index is 13.1. The fourth-order valence-electron chi connectivity index (χ4n) is 3.00. The van der Waals surface area contributed by atoms with Crippen LogP contribution in [0.4, 0.5) is 21.5 Å². The first kappa shape index (κ1) is 18.4. The second-order valence-electron chi connectivity index (χ2n) is 6.55. The molecule has 0 saturated carbocycles. The zero-order valence-electron chi connectivity index (χ0n) is 15.8. The van der Waals surface area contributed by atoms with Gasteiger partial charge in [0, 0.05) is 17.1 Å². The van der Waals surface area contributed by atoms with Crippen LogP contribution in [-0.2, 0) is 0 Å². The van der Waals surface area contributed by atoms with Crippen molar-refractivity contribution in [1.82, 2.24) is 9.78 Å². The Morgan fingerprint density at radius 2 is 1.48 bits per heavy atom. The average molecular weight is 386 g/mol. The van der Waals surface area contributed by atoms with Crippen molar-refractivity contribution in [3.05, 3.63) is 102 Å². The van der Waals surface area contributed by atoms with Gasteiger partial charge < -0.3 is 10.6 Å². The first-order chi connectivity index (χ1) is 14.1. The lowest BCUT2D eigenvalue weighted by atomic mass is 10.2. The van der Waals surface area contributed by atoms with Crippen molar-refractivity contribution in [3.8, 4) is 5.69 Å². The molecular weight excluding hydrogens is 367 g/mol. The van der Waals surface area contributed by atoms with Gasteiger partial charge in [-0.3, -0.25) is 4.79 Å². The largest absolute Gasteiger partial charge is 0.356 e. The monoisotopic (exact) mass is 386 g/mol. The van der Waals surface area contributed by atoms with Crippen molar-refractivity contribution in [3.63, 3.8) is 0 Å². The number of hydrogen-bond donors (Lipinski definition) is 2. The van der Waals surface area contributed by atoms with Gasteiger partial charge in [-0.05, 0) is 67.6 Å². The summed E-state index contributed by atoms with van der Waals surface area (Å²) in [6.45, 7) is 1.80. The fraction of sp³-hybridized carbons (Fsp3) is 0.0435. The van der Waals surface area contributed by atoms with Gasteiger partial charge >= 0.3 is 0 Å². The minimum Gasteiger partial charge on any atom is -0.356 e. The van der Waals surface area contributed by atoms with Crippen LogP contribution in [0, 0.1) is 12.7 Å². The zero-order valence-corrected chi connectivity index (χ0v) is 15.8. The molecule has 0 saturated heterocycles. The third kappa shape index (κ3) is 4.16. The number of nitrogens with one attached hydrogen (secondary N) is 2. The molecule has 0 atom stereocenters. The molecule has 0 unspecified atom stereocenters. The molecule has 5 nitrogen and oxygen atoms in total. The predicted molar refractivity (Wildman–Crippen MR) is 112 cm³/mol. The van der Waals surface area contributed by atoms with E-state index in [1.165, 1.54) is 18.3 Å². The van der Waals surface area contributed by atoms with Gasteiger partial charge in [-0.1, -0.05) is 18.2 Å². The highest BCUT2D eigenvalue weighted by Gasteiger charge is 2.15. The Hall–Kier alpha value is -3.93. The summed E-state index contributed by atoms with van der Waals surface area (Å²) >= 11 is 0. The summed E-state index contributed by atoms with van der Waals surface area (Å²) in [5.74, 6) is -0.568. The topological polar surface area (TPSA) is 59.0 Å². The molecule has 0 spiro atoms. The van der Waals surface area contributed by atoms with Crippen LogP contribution in [0.1, 0.15) is 16.1 Å². The van der Waals surface area contributed by atoms with Crippen molar-refractivity contribution in [1.29, 1.82) is 0 Å². The minimum atomic E-state index is -0.318. The number of carbonyl (C=O) groups is 1. The Labute approximate surface area is 167 Å². The molecule has 1 aromatic heterocycles.